The highest BCUT2D eigenvalue weighted by atomic mass is 16.2. The Morgan fingerprint density at radius 1 is 0.889 bits per heavy atom. The highest BCUT2D eigenvalue weighted by Gasteiger charge is 2.27. The number of likely N-dealkylation sites (tertiary alicyclic amines) is 1. The molecule has 192 valence electrons. The Bertz CT molecular complexity index is 1030. The molecule has 0 saturated carbocycles. The highest BCUT2D eigenvalue weighted by Crippen LogP contribution is 2.16. The molecule has 2 aromatic carbocycles. The molecule has 3 atom stereocenters. The van der Waals surface area contributed by atoms with Crippen LogP contribution in [0.25, 0.3) is 0 Å². The number of hydrogen-bond acceptors (Lipinski definition) is 5. The Hall–Kier alpha value is -3.72. The van der Waals surface area contributed by atoms with Gasteiger partial charge in [-0.2, -0.15) is 0 Å². The summed E-state index contributed by atoms with van der Waals surface area (Å²) in [5, 5.41) is 7.88. The summed E-state index contributed by atoms with van der Waals surface area (Å²) in [5.74, 6) is -1.58. The van der Waals surface area contributed by atoms with E-state index in [1.807, 2.05) is 67.6 Å². The van der Waals surface area contributed by atoms with Gasteiger partial charge in [0.1, 0.15) is 6.04 Å². The molecule has 9 nitrogen and oxygen atoms in total. The number of nitrogens with one attached hydrogen (secondary N) is 3. The van der Waals surface area contributed by atoms with Gasteiger partial charge in [-0.1, -0.05) is 60.7 Å². The molecule has 1 fully saturated rings. The minimum Gasteiger partial charge on any atom is -0.346 e. The van der Waals surface area contributed by atoms with Crippen molar-refractivity contribution in [3.63, 3.8) is 0 Å². The Morgan fingerprint density at radius 2 is 1.47 bits per heavy atom. The van der Waals surface area contributed by atoms with Crippen molar-refractivity contribution in [2.45, 2.75) is 50.7 Å². The number of nitrogens with zero attached hydrogens (tertiary/aromatic N) is 1. The van der Waals surface area contributed by atoms with Gasteiger partial charge in [0.25, 0.3) is 0 Å². The molecule has 0 aromatic heterocycles. The van der Waals surface area contributed by atoms with Gasteiger partial charge in [-0.3, -0.25) is 19.2 Å². The first-order valence-corrected chi connectivity index (χ1v) is 12.3. The fraction of sp³-hybridized carbons (Fsp3) is 0.407. The quantitative estimate of drug-likeness (QED) is 0.362. The van der Waals surface area contributed by atoms with Gasteiger partial charge in [0.15, 0.2) is 0 Å². The first-order valence-electron chi connectivity index (χ1n) is 12.3. The van der Waals surface area contributed by atoms with Gasteiger partial charge in [-0.15, -0.1) is 0 Å². The number of carbonyl (C=O) groups is 4. The maximum absolute atomic E-state index is 12.9. The number of benzene rings is 2. The molecule has 2 aromatic rings. The van der Waals surface area contributed by atoms with Crippen LogP contribution in [0.4, 0.5) is 0 Å². The molecule has 0 spiro atoms. The molecule has 4 amide bonds. The first kappa shape index (κ1) is 26.9. The van der Waals surface area contributed by atoms with Crippen molar-refractivity contribution in [2.24, 2.45) is 5.73 Å². The number of carbonyl (C=O) groups excluding carboxylic acids is 4. The molecule has 1 aliphatic rings. The fourth-order valence-electron chi connectivity index (χ4n) is 4.25. The van der Waals surface area contributed by atoms with E-state index in [1.54, 1.807) is 4.90 Å². The highest BCUT2D eigenvalue weighted by molar-refractivity contribution is 5.92. The van der Waals surface area contributed by atoms with E-state index < -0.39 is 29.8 Å². The average Bonchev–Trinajstić information content (AvgIpc) is 3.32. The van der Waals surface area contributed by atoms with Crippen LogP contribution >= 0.6 is 0 Å². The van der Waals surface area contributed by atoms with Crippen molar-refractivity contribution in [1.82, 2.24) is 20.9 Å². The van der Waals surface area contributed by atoms with Crippen LogP contribution < -0.4 is 21.7 Å². The summed E-state index contributed by atoms with van der Waals surface area (Å²) >= 11 is 0. The van der Waals surface area contributed by atoms with E-state index >= 15 is 0 Å². The van der Waals surface area contributed by atoms with Gasteiger partial charge in [-0.25, -0.2) is 0 Å². The minimum absolute atomic E-state index is 0.130. The summed E-state index contributed by atoms with van der Waals surface area (Å²) in [4.78, 5) is 52.1. The second kappa shape index (κ2) is 13.4. The molecule has 0 aliphatic carbocycles. The molecule has 5 N–H and O–H groups in total. The lowest BCUT2D eigenvalue weighted by Crippen LogP contribution is -2.53. The van der Waals surface area contributed by atoms with E-state index in [-0.39, 0.29) is 31.5 Å². The summed E-state index contributed by atoms with van der Waals surface area (Å²) in [6, 6.07) is 17.1. The zero-order valence-electron chi connectivity index (χ0n) is 20.6. The molecule has 0 radical (unpaired) electrons. The summed E-state index contributed by atoms with van der Waals surface area (Å²) in [6.45, 7) is 2.23. The molecule has 0 bridgehead atoms. The number of hydrogen-bond donors (Lipinski definition) is 4. The predicted octanol–water partition coefficient (Wildman–Crippen LogP) is 0.527. The fourth-order valence-corrected chi connectivity index (χ4v) is 4.25. The van der Waals surface area contributed by atoms with Gasteiger partial charge >= 0.3 is 0 Å². The van der Waals surface area contributed by atoms with E-state index in [0.29, 0.717) is 13.0 Å². The SMILES string of the molecule is C[C@@H]1CCCN1C(=O)CNC(=O)[C@H](Cc1ccccc1)NC(=O)CNC(=O)[C@@H](N)Cc1ccccc1. The standard InChI is InChI=1S/C27H35N5O4/c1-19-9-8-14-32(19)25(34)18-30-27(36)23(16-21-12-6-3-7-13-21)31-24(33)17-29-26(35)22(28)15-20-10-4-2-5-11-20/h2-7,10-13,19,22-23H,8-9,14-18,28H2,1H3,(H,29,35)(H,30,36)(H,31,33)/t19-,22+,23+/m1/s1. The maximum Gasteiger partial charge on any atom is 0.243 e. The Balaban J connectivity index is 1.53. The average molecular weight is 494 g/mol. The molecule has 9 heteroatoms. The van der Waals surface area contributed by atoms with Gasteiger partial charge < -0.3 is 26.6 Å². The lowest BCUT2D eigenvalue weighted by Gasteiger charge is -2.23. The Kier molecular flexibility index (Phi) is 10.00. The van der Waals surface area contributed by atoms with Gasteiger partial charge in [0.2, 0.25) is 23.6 Å². The van der Waals surface area contributed by atoms with Crippen LogP contribution in [0.5, 0.6) is 0 Å². The Labute approximate surface area is 211 Å². The van der Waals surface area contributed by atoms with Crippen LogP contribution in [0.3, 0.4) is 0 Å². The second-order valence-corrected chi connectivity index (χ2v) is 9.12. The van der Waals surface area contributed by atoms with E-state index in [9.17, 15) is 19.2 Å². The summed E-state index contributed by atoms with van der Waals surface area (Å²) in [7, 11) is 0. The van der Waals surface area contributed by atoms with Crippen LogP contribution in [0.15, 0.2) is 60.7 Å². The number of rotatable bonds is 11. The molecule has 0 unspecified atom stereocenters. The largest absolute Gasteiger partial charge is 0.346 e. The molecule has 1 heterocycles. The molecule has 36 heavy (non-hydrogen) atoms. The third-order valence-corrected chi connectivity index (χ3v) is 6.28. The summed E-state index contributed by atoms with van der Waals surface area (Å²) < 4.78 is 0. The zero-order chi connectivity index (χ0) is 25.9. The molecular weight excluding hydrogens is 458 g/mol. The normalized spacial score (nSPS) is 16.6. The van der Waals surface area contributed by atoms with Gasteiger partial charge in [0.05, 0.1) is 19.1 Å². The topological polar surface area (TPSA) is 134 Å². The zero-order valence-corrected chi connectivity index (χ0v) is 20.6. The van der Waals surface area contributed by atoms with Gasteiger partial charge in [0, 0.05) is 19.0 Å². The summed E-state index contributed by atoms with van der Waals surface area (Å²) in [5.41, 5.74) is 7.74. The van der Waals surface area contributed by atoms with Crippen molar-refractivity contribution < 1.29 is 19.2 Å². The van der Waals surface area contributed by atoms with Crippen molar-refractivity contribution >= 4 is 23.6 Å². The van der Waals surface area contributed by atoms with Crippen LogP contribution in [0.1, 0.15) is 30.9 Å². The lowest BCUT2D eigenvalue weighted by molar-refractivity contribution is -0.134. The third kappa shape index (κ3) is 8.20. The molecule has 1 aliphatic heterocycles. The van der Waals surface area contributed by atoms with Crippen molar-refractivity contribution in [3.8, 4) is 0 Å². The number of amides is 4. The summed E-state index contributed by atoms with van der Waals surface area (Å²) in [6.07, 6.45) is 2.49. The van der Waals surface area contributed by atoms with Crippen LogP contribution in [-0.4, -0.2) is 66.3 Å². The van der Waals surface area contributed by atoms with Crippen LogP contribution in [0, 0.1) is 0 Å². The van der Waals surface area contributed by atoms with E-state index in [2.05, 4.69) is 16.0 Å². The maximum atomic E-state index is 12.9. The number of nitrogens with two attached hydrogens (primary N) is 1. The van der Waals surface area contributed by atoms with Crippen LogP contribution in [0.2, 0.25) is 0 Å². The van der Waals surface area contributed by atoms with E-state index in [4.69, 9.17) is 5.73 Å². The molecule has 3 rings (SSSR count). The Morgan fingerprint density at radius 3 is 2.06 bits per heavy atom. The third-order valence-electron chi connectivity index (χ3n) is 6.28. The van der Waals surface area contributed by atoms with Crippen LogP contribution in [-0.2, 0) is 32.0 Å². The second-order valence-electron chi connectivity index (χ2n) is 9.12. The van der Waals surface area contributed by atoms with E-state index in [1.165, 1.54) is 0 Å². The van der Waals surface area contributed by atoms with Gasteiger partial charge in [-0.05, 0) is 37.3 Å². The lowest BCUT2D eigenvalue weighted by atomic mass is 10.0. The monoisotopic (exact) mass is 493 g/mol. The van der Waals surface area contributed by atoms with Crippen molar-refractivity contribution in [2.75, 3.05) is 19.6 Å². The molecular formula is C27H35N5O4. The molecule has 1 saturated heterocycles. The predicted molar refractivity (Wildman–Crippen MR) is 137 cm³/mol. The minimum atomic E-state index is -0.904. The first-order chi connectivity index (χ1) is 17.3. The van der Waals surface area contributed by atoms with Crippen molar-refractivity contribution in [1.29, 1.82) is 0 Å². The van der Waals surface area contributed by atoms with E-state index in [0.717, 1.165) is 24.0 Å². The van der Waals surface area contributed by atoms with Crippen molar-refractivity contribution in [3.05, 3.63) is 71.8 Å². The smallest absolute Gasteiger partial charge is 0.243 e.